The van der Waals surface area contributed by atoms with Gasteiger partial charge in [-0.3, -0.25) is 0 Å². The predicted octanol–water partition coefficient (Wildman–Crippen LogP) is 2.29. The normalized spacial score (nSPS) is 10.3. The van der Waals surface area contributed by atoms with Crippen molar-refractivity contribution < 1.29 is 9.90 Å². The molecule has 0 aliphatic rings. The Morgan fingerprint density at radius 2 is 2.25 bits per heavy atom. The summed E-state index contributed by atoms with van der Waals surface area (Å²) in [6.45, 7) is 0. The van der Waals surface area contributed by atoms with E-state index in [-0.39, 0.29) is 0 Å². The van der Waals surface area contributed by atoms with Crippen LogP contribution in [0.4, 0.5) is 0 Å². The molecule has 0 saturated carbocycles. The van der Waals surface area contributed by atoms with E-state index in [0.717, 1.165) is 4.90 Å². The number of rotatable bonds is 3. The Morgan fingerprint density at radius 3 is 2.81 bits per heavy atom. The number of carboxylic acids is 1. The van der Waals surface area contributed by atoms with Gasteiger partial charge in [-0.15, -0.1) is 11.8 Å². The number of hydrogen-bond donors (Lipinski definition) is 1. The number of aromatic nitrogens is 2. The van der Waals surface area contributed by atoms with E-state index in [1.807, 2.05) is 12.3 Å². The number of hydrogen-bond acceptors (Lipinski definition) is 3. The molecule has 0 unspecified atom stereocenters. The molecule has 16 heavy (non-hydrogen) atoms. The van der Waals surface area contributed by atoms with Crippen molar-refractivity contribution in [2.45, 2.75) is 4.90 Å². The molecule has 1 N–H and O–H groups in total. The maximum atomic E-state index is 11.2. The third-order valence-corrected chi connectivity index (χ3v) is 2.97. The lowest BCUT2D eigenvalue weighted by Crippen LogP contribution is -2.07. The van der Waals surface area contributed by atoms with Crippen LogP contribution in [0.15, 0.2) is 41.6 Å². The van der Waals surface area contributed by atoms with Crippen molar-refractivity contribution >= 4 is 17.7 Å². The van der Waals surface area contributed by atoms with Gasteiger partial charge < -0.3 is 5.11 Å². The minimum atomic E-state index is -0.935. The number of benzene rings is 1. The number of carbonyl (C=O) groups is 1. The molecule has 0 aliphatic heterocycles. The van der Waals surface area contributed by atoms with E-state index in [2.05, 4.69) is 5.10 Å². The highest BCUT2D eigenvalue weighted by Crippen LogP contribution is 2.25. The second kappa shape index (κ2) is 4.40. The Labute approximate surface area is 96.9 Å². The first-order chi connectivity index (χ1) is 7.74. The van der Waals surface area contributed by atoms with E-state index in [9.17, 15) is 9.90 Å². The van der Waals surface area contributed by atoms with Crippen LogP contribution in [-0.4, -0.2) is 27.1 Å². The zero-order chi connectivity index (χ0) is 11.5. The van der Waals surface area contributed by atoms with Gasteiger partial charge in [-0.05, 0) is 24.5 Å². The molecule has 1 heterocycles. The first-order valence-corrected chi connectivity index (χ1v) is 5.87. The zero-order valence-electron chi connectivity index (χ0n) is 8.62. The van der Waals surface area contributed by atoms with Crippen molar-refractivity contribution in [3.8, 4) is 5.69 Å². The summed E-state index contributed by atoms with van der Waals surface area (Å²) in [7, 11) is 0. The maximum absolute atomic E-state index is 11.2. The fraction of sp³-hybridized carbons (Fsp3) is 0.0909. The molecule has 0 bridgehead atoms. The second-order valence-corrected chi connectivity index (χ2v) is 3.96. The van der Waals surface area contributed by atoms with Crippen LogP contribution in [0.3, 0.4) is 0 Å². The summed E-state index contributed by atoms with van der Waals surface area (Å²) in [6.07, 6.45) is 5.21. The molecule has 5 heteroatoms. The van der Waals surface area contributed by atoms with Gasteiger partial charge in [0.1, 0.15) is 0 Å². The SMILES string of the molecule is CSc1cccc(-n2cccn2)c1C(=O)O. The number of nitrogens with zero attached hydrogens (tertiary/aromatic N) is 2. The Morgan fingerprint density at radius 1 is 1.44 bits per heavy atom. The summed E-state index contributed by atoms with van der Waals surface area (Å²) >= 11 is 1.41. The van der Waals surface area contributed by atoms with Crippen molar-refractivity contribution in [3.63, 3.8) is 0 Å². The highest BCUT2D eigenvalue weighted by molar-refractivity contribution is 7.98. The first kappa shape index (κ1) is 10.8. The van der Waals surface area contributed by atoms with Crippen LogP contribution < -0.4 is 0 Å². The smallest absolute Gasteiger partial charge is 0.339 e. The van der Waals surface area contributed by atoms with Crippen molar-refractivity contribution in [2.75, 3.05) is 6.26 Å². The molecule has 2 aromatic rings. The van der Waals surface area contributed by atoms with Crippen LogP contribution >= 0.6 is 11.8 Å². The zero-order valence-corrected chi connectivity index (χ0v) is 9.44. The van der Waals surface area contributed by atoms with Crippen LogP contribution in [0.1, 0.15) is 10.4 Å². The fourth-order valence-corrected chi connectivity index (χ4v) is 2.12. The Bertz CT molecular complexity index is 509. The average molecular weight is 234 g/mol. The molecule has 0 saturated heterocycles. The van der Waals surface area contributed by atoms with Crippen LogP contribution in [0.25, 0.3) is 5.69 Å². The molecular weight excluding hydrogens is 224 g/mol. The largest absolute Gasteiger partial charge is 0.478 e. The molecule has 82 valence electrons. The Kier molecular flexibility index (Phi) is 2.96. The van der Waals surface area contributed by atoms with Crippen molar-refractivity contribution in [2.24, 2.45) is 0 Å². The topological polar surface area (TPSA) is 55.1 Å². The van der Waals surface area contributed by atoms with Gasteiger partial charge in [-0.25, -0.2) is 9.48 Å². The van der Waals surface area contributed by atoms with Gasteiger partial charge >= 0.3 is 5.97 Å². The second-order valence-electron chi connectivity index (χ2n) is 3.11. The van der Waals surface area contributed by atoms with E-state index in [1.165, 1.54) is 11.8 Å². The van der Waals surface area contributed by atoms with Gasteiger partial charge in [0.15, 0.2) is 0 Å². The molecule has 4 nitrogen and oxygen atoms in total. The van der Waals surface area contributed by atoms with Crippen LogP contribution in [0, 0.1) is 0 Å². The van der Waals surface area contributed by atoms with Crippen molar-refractivity contribution in [1.82, 2.24) is 9.78 Å². The third kappa shape index (κ3) is 1.81. The first-order valence-electron chi connectivity index (χ1n) is 4.64. The molecule has 0 spiro atoms. The highest BCUT2D eigenvalue weighted by Gasteiger charge is 2.16. The van der Waals surface area contributed by atoms with Gasteiger partial charge in [0, 0.05) is 17.3 Å². The molecule has 0 fully saturated rings. The standard InChI is InChI=1S/C11H10N2O2S/c1-16-9-5-2-4-8(10(9)11(14)15)13-7-3-6-12-13/h2-7H,1H3,(H,14,15). The molecule has 0 amide bonds. The summed E-state index contributed by atoms with van der Waals surface area (Å²) in [5.74, 6) is -0.935. The lowest BCUT2D eigenvalue weighted by molar-refractivity contribution is 0.0693. The summed E-state index contributed by atoms with van der Waals surface area (Å²) in [5.41, 5.74) is 0.878. The monoisotopic (exact) mass is 234 g/mol. The lowest BCUT2D eigenvalue weighted by Gasteiger charge is -2.09. The number of aromatic carboxylic acids is 1. The maximum Gasteiger partial charge on any atom is 0.339 e. The minimum absolute atomic E-state index is 0.290. The Hall–Kier alpha value is -1.75. The Balaban J connectivity index is 2.65. The number of thioether (sulfide) groups is 1. The van der Waals surface area contributed by atoms with E-state index in [4.69, 9.17) is 0 Å². The van der Waals surface area contributed by atoms with Gasteiger partial charge in [0.2, 0.25) is 0 Å². The van der Waals surface area contributed by atoms with E-state index < -0.39 is 5.97 Å². The van der Waals surface area contributed by atoms with Crippen molar-refractivity contribution in [3.05, 3.63) is 42.2 Å². The van der Waals surface area contributed by atoms with Crippen LogP contribution in [0.2, 0.25) is 0 Å². The third-order valence-electron chi connectivity index (χ3n) is 2.19. The summed E-state index contributed by atoms with van der Waals surface area (Å²) in [4.78, 5) is 12.0. The fourth-order valence-electron chi connectivity index (χ4n) is 1.51. The summed E-state index contributed by atoms with van der Waals surface area (Å²) in [5, 5.41) is 13.3. The predicted molar refractivity (Wildman–Crippen MR) is 62.3 cm³/mol. The molecule has 0 aliphatic carbocycles. The summed E-state index contributed by atoms with van der Waals surface area (Å²) < 4.78 is 1.56. The highest BCUT2D eigenvalue weighted by atomic mass is 32.2. The molecule has 0 atom stereocenters. The number of carboxylic acid groups (broad SMARTS) is 1. The van der Waals surface area contributed by atoms with E-state index in [0.29, 0.717) is 11.3 Å². The van der Waals surface area contributed by atoms with Gasteiger partial charge in [0.25, 0.3) is 0 Å². The van der Waals surface area contributed by atoms with Crippen LogP contribution in [0.5, 0.6) is 0 Å². The molecule has 1 aromatic heterocycles. The quantitative estimate of drug-likeness (QED) is 0.828. The molecule has 2 rings (SSSR count). The average Bonchev–Trinajstić information content (AvgIpc) is 2.81. The minimum Gasteiger partial charge on any atom is -0.478 e. The van der Waals surface area contributed by atoms with E-state index >= 15 is 0 Å². The van der Waals surface area contributed by atoms with Gasteiger partial charge in [0.05, 0.1) is 11.3 Å². The van der Waals surface area contributed by atoms with Gasteiger partial charge in [-0.2, -0.15) is 5.10 Å². The molecule has 1 aromatic carbocycles. The lowest BCUT2D eigenvalue weighted by atomic mass is 10.2. The van der Waals surface area contributed by atoms with E-state index in [1.54, 1.807) is 35.3 Å². The molecular formula is C11H10N2O2S. The molecule has 0 radical (unpaired) electrons. The summed E-state index contributed by atoms with van der Waals surface area (Å²) in [6, 6.07) is 7.13. The van der Waals surface area contributed by atoms with Gasteiger partial charge in [-0.1, -0.05) is 6.07 Å². The van der Waals surface area contributed by atoms with Crippen LogP contribution in [-0.2, 0) is 0 Å². The van der Waals surface area contributed by atoms with Crippen molar-refractivity contribution in [1.29, 1.82) is 0 Å².